The number of amides is 1. The Kier molecular flexibility index (Phi) is 5.99. The zero-order valence-corrected chi connectivity index (χ0v) is 17.4. The number of benzene rings is 2. The number of carbonyl (C=O) groups is 1. The standard InChI is InChI=1S/C23H25FN4O3/c1-2-28-20-9-8-16(14-19(20)25-21(29)23(28)31)22(30)27-11-5-10-26(12-13-27)15-17-6-3-4-7-18(17)24/h3-4,6-9,14H,2,5,10-13,15H2,1H3,(H,25,29). The molecule has 162 valence electrons. The summed E-state index contributed by atoms with van der Waals surface area (Å²) >= 11 is 0. The van der Waals surface area contributed by atoms with Crippen molar-refractivity contribution in [3.05, 3.63) is 80.1 Å². The van der Waals surface area contributed by atoms with Crippen LogP contribution in [0.3, 0.4) is 0 Å². The third-order valence-electron chi connectivity index (χ3n) is 5.77. The van der Waals surface area contributed by atoms with E-state index in [2.05, 4.69) is 9.88 Å². The monoisotopic (exact) mass is 424 g/mol. The fourth-order valence-electron chi connectivity index (χ4n) is 4.11. The van der Waals surface area contributed by atoms with Gasteiger partial charge in [-0.3, -0.25) is 19.3 Å². The molecule has 1 amide bonds. The third-order valence-corrected chi connectivity index (χ3v) is 5.77. The van der Waals surface area contributed by atoms with E-state index in [4.69, 9.17) is 0 Å². The molecule has 1 aliphatic heterocycles. The summed E-state index contributed by atoms with van der Waals surface area (Å²) in [6, 6.07) is 11.8. The van der Waals surface area contributed by atoms with Crippen LogP contribution in [0.1, 0.15) is 29.3 Å². The smallest absolute Gasteiger partial charge is 0.316 e. The second-order valence-electron chi connectivity index (χ2n) is 7.75. The van der Waals surface area contributed by atoms with Gasteiger partial charge in [-0.15, -0.1) is 0 Å². The van der Waals surface area contributed by atoms with Crippen molar-refractivity contribution in [1.82, 2.24) is 19.4 Å². The number of H-pyrrole nitrogens is 1. The molecule has 0 atom stereocenters. The van der Waals surface area contributed by atoms with Crippen molar-refractivity contribution in [3.8, 4) is 0 Å². The minimum Gasteiger partial charge on any atom is -0.337 e. The summed E-state index contributed by atoms with van der Waals surface area (Å²) in [5.41, 5.74) is 0.882. The number of aromatic nitrogens is 2. The second kappa shape index (κ2) is 8.85. The SMILES string of the molecule is CCn1c(=O)c(=O)[nH]c2cc(C(=O)N3CCCN(Cc4ccccc4F)CC3)ccc21. The highest BCUT2D eigenvalue weighted by molar-refractivity contribution is 5.97. The van der Waals surface area contributed by atoms with Gasteiger partial charge in [-0.25, -0.2) is 4.39 Å². The van der Waals surface area contributed by atoms with Crippen molar-refractivity contribution in [1.29, 1.82) is 0 Å². The lowest BCUT2D eigenvalue weighted by atomic mass is 10.1. The van der Waals surface area contributed by atoms with E-state index in [9.17, 15) is 18.8 Å². The molecule has 0 saturated carbocycles. The Hall–Kier alpha value is -3.26. The van der Waals surface area contributed by atoms with Crippen LogP contribution in [-0.2, 0) is 13.1 Å². The molecule has 0 radical (unpaired) electrons. The van der Waals surface area contributed by atoms with Crippen LogP contribution in [0.5, 0.6) is 0 Å². The molecule has 1 N–H and O–H groups in total. The summed E-state index contributed by atoms with van der Waals surface area (Å²) < 4.78 is 15.4. The predicted octanol–water partition coefficient (Wildman–Crippen LogP) is 2.20. The molecule has 3 aromatic rings. The minimum atomic E-state index is -0.697. The Bertz CT molecular complexity index is 1230. The van der Waals surface area contributed by atoms with E-state index < -0.39 is 11.1 Å². The lowest BCUT2D eigenvalue weighted by Crippen LogP contribution is -2.36. The first-order valence-electron chi connectivity index (χ1n) is 10.5. The van der Waals surface area contributed by atoms with E-state index in [1.807, 2.05) is 6.07 Å². The molecule has 1 fully saturated rings. The minimum absolute atomic E-state index is 0.121. The third kappa shape index (κ3) is 4.29. The van der Waals surface area contributed by atoms with Crippen LogP contribution < -0.4 is 11.1 Å². The van der Waals surface area contributed by atoms with E-state index in [0.717, 1.165) is 13.0 Å². The molecule has 0 bridgehead atoms. The number of aromatic amines is 1. The maximum absolute atomic E-state index is 14.0. The predicted molar refractivity (Wildman–Crippen MR) is 117 cm³/mol. The topological polar surface area (TPSA) is 78.4 Å². The Morgan fingerprint density at radius 3 is 2.65 bits per heavy atom. The molecule has 2 aromatic carbocycles. The molecule has 7 nitrogen and oxygen atoms in total. The molecule has 8 heteroatoms. The van der Waals surface area contributed by atoms with E-state index in [-0.39, 0.29) is 11.7 Å². The summed E-state index contributed by atoms with van der Waals surface area (Å²) in [5, 5.41) is 0. The molecule has 4 rings (SSSR count). The Morgan fingerprint density at radius 1 is 1.06 bits per heavy atom. The molecule has 1 saturated heterocycles. The van der Waals surface area contributed by atoms with Crippen molar-refractivity contribution < 1.29 is 9.18 Å². The number of hydrogen-bond acceptors (Lipinski definition) is 4. The van der Waals surface area contributed by atoms with Gasteiger partial charge >= 0.3 is 11.1 Å². The van der Waals surface area contributed by atoms with Crippen molar-refractivity contribution in [2.75, 3.05) is 26.2 Å². The molecular formula is C23H25FN4O3. The summed E-state index contributed by atoms with van der Waals surface area (Å²) in [6.07, 6.45) is 0.792. The summed E-state index contributed by atoms with van der Waals surface area (Å²) in [7, 11) is 0. The van der Waals surface area contributed by atoms with Gasteiger partial charge < -0.3 is 14.5 Å². The molecular weight excluding hydrogens is 399 g/mol. The Labute approximate surface area is 178 Å². The molecule has 0 spiro atoms. The summed E-state index contributed by atoms with van der Waals surface area (Å²) in [6.45, 7) is 5.26. The zero-order chi connectivity index (χ0) is 22.0. The molecule has 1 aromatic heterocycles. The Morgan fingerprint density at radius 2 is 1.87 bits per heavy atom. The van der Waals surface area contributed by atoms with E-state index >= 15 is 0 Å². The maximum Gasteiger partial charge on any atom is 0.316 e. The second-order valence-corrected chi connectivity index (χ2v) is 7.75. The number of rotatable bonds is 4. The van der Waals surface area contributed by atoms with Gasteiger partial charge in [-0.1, -0.05) is 18.2 Å². The van der Waals surface area contributed by atoms with Gasteiger partial charge in [0, 0.05) is 50.4 Å². The average molecular weight is 424 g/mol. The number of halogens is 1. The van der Waals surface area contributed by atoms with Crippen LogP contribution in [0, 0.1) is 5.82 Å². The highest BCUT2D eigenvalue weighted by Crippen LogP contribution is 2.16. The van der Waals surface area contributed by atoms with Gasteiger partial charge in [0.15, 0.2) is 0 Å². The van der Waals surface area contributed by atoms with Crippen LogP contribution in [0.15, 0.2) is 52.1 Å². The molecule has 0 aliphatic carbocycles. The van der Waals surface area contributed by atoms with E-state index in [1.165, 1.54) is 10.6 Å². The van der Waals surface area contributed by atoms with Gasteiger partial charge in [-0.2, -0.15) is 0 Å². The van der Waals surface area contributed by atoms with Crippen molar-refractivity contribution in [2.24, 2.45) is 0 Å². The summed E-state index contributed by atoms with van der Waals surface area (Å²) in [4.78, 5) is 43.6. The molecule has 31 heavy (non-hydrogen) atoms. The van der Waals surface area contributed by atoms with Crippen molar-refractivity contribution in [3.63, 3.8) is 0 Å². The van der Waals surface area contributed by atoms with Gasteiger partial charge in [0.05, 0.1) is 11.0 Å². The molecule has 1 aliphatic rings. The number of carbonyl (C=O) groups excluding carboxylic acids is 1. The first-order chi connectivity index (χ1) is 15.0. The number of nitrogens with one attached hydrogen (secondary N) is 1. The lowest BCUT2D eigenvalue weighted by Gasteiger charge is -2.22. The number of fused-ring (bicyclic) bond motifs is 1. The van der Waals surface area contributed by atoms with Crippen LogP contribution in [0.25, 0.3) is 11.0 Å². The van der Waals surface area contributed by atoms with Crippen LogP contribution in [0.4, 0.5) is 4.39 Å². The lowest BCUT2D eigenvalue weighted by molar-refractivity contribution is 0.0761. The number of hydrogen-bond donors (Lipinski definition) is 1. The van der Waals surface area contributed by atoms with E-state index in [1.54, 1.807) is 42.2 Å². The first-order valence-corrected chi connectivity index (χ1v) is 10.5. The Balaban J connectivity index is 1.51. The normalized spacial score (nSPS) is 15.2. The highest BCUT2D eigenvalue weighted by Gasteiger charge is 2.21. The quantitative estimate of drug-likeness (QED) is 0.652. The van der Waals surface area contributed by atoms with Crippen LogP contribution in [-0.4, -0.2) is 51.4 Å². The van der Waals surface area contributed by atoms with Gasteiger partial charge in [-0.05, 0) is 37.6 Å². The highest BCUT2D eigenvalue weighted by atomic mass is 19.1. The molecule has 2 heterocycles. The van der Waals surface area contributed by atoms with Crippen molar-refractivity contribution in [2.45, 2.75) is 26.4 Å². The zero-order valence-electron chi connectivity index (χ0n) is 17.4. The summed E-state index contributed by atoms with van der Waals surface area (Å²) in [5.74, 6) is -0.333. The molecule has 0 unspecified atom stereocenters. The van der Waals surface area contributed by atoms with Gasteiger partial charge in [0.25, 0.3) is 5.91 Å². The van der Waals surface area contributed by atoms with Crippen LogP contribution >= 0.6 is 0 Å². The van der Waals surface area contributed by atoms with E-state index in [0.29, 0.717) is 54.9 Å². The number of aryl methyl sites for hydroxylation is 1. The first kappa shape index (κ1) is 21.0. The maximum atomic E-state index is 14.0. The van der Waals surface area contributed by atoms with Crippen molar-refractivity contribution >= 4 is 16.9 Å². The van der Waals surface area contributed by atoms with Crippen LogP contribution in [0.2, 0.25) is 0 Å². The fraction of sp³-hybridized carbons (Fsp3) is 0.348. The fourth-order valence-corrected chi connectivity index (χ4v) is 4.11. The van der Waals surface area contributed by atoms with Gasteiger partial charge in [0.1, 0.15) is 5.82 Å². The number of nitrogens with zero attached hydrogens (tertiary/aromatic N) is 3. The largest absolute Gasteiger partial charge is 0.337 e. The van der Waals surface area contributed by atoms with Gasteiger partial charge in [0.2, 0.25) is 0 Å². The average Bonchev–Trinajstić information content (AvgIpc) is 3.01.